The number of nitriles is 1. The van der Waals surface area contributed by atoms with Crippen molar-refractivity contribution in [1.29, 1.82) is 5.26 Å². The Balaban J connectivity index is 1.61. The number of nitrogens with one attached hydrogen (secondary N) is 2. The van der Waals surface area contributed by atoms with Crippen molar-refractivity contribution in [1.82, 2.24) is 10.0 Å². The number of alkyl carbamates (subject to hydrolysis) is 1. The fourth-order valence-corrected chi connectivity index (χ4v) is 7.09. The number of fused-ring (bicyclic) bond motifs is 1. The molecule has 44 heavy (non-hydrogen) atoms. The maximum Gasteiger partial charge on any atom is 0.407 e. The molecular weight excluding hydrogens is 584 g/mol. The molecule has 240 valence electrons. The number of anilines is 1. The highest BCUT2D eigenvalue weighted by molar-refractivity contribution is 7.89. The van der Waals surface area contributed by atoms with Crippen molar-refractivity contribution in [2.24, 2.45) is 11.3 Å². The third-order valence-corrected chi connectivity index (χ3v) is 9.79. The number of benzene rings is 2. The molecule has 0 spiro atoms. The fraction of sp³-hybridized carbons (Fsp3) is 0.562. The minimum Gasteiger partial charge on any atom is -0.443 e. The summed E-state index contributed by atoms with van der Waals surface area (Å²) in [6.07, 6.45) is -1.03. The van der Waals surface area contributed by atoms with Gasteiger partial charge in [0.15, 0.2) is 6.29 Å². The third-order valence-electron chi connectivity index (χ3n) is 8.31. The summed E-state index contributed by atoms with van der Waals surface area (Å²) in [5.74, 6) is -0.0586. The van der Waals surface area contributed by atoms with Crippen molar-refractivity contribution in [2.75, 3.05) is 32.2 Å². The lowest BCUT2D eigenvalue weighted by Gasteiger charge is -2.36. The molecule has 6 atom stereocenters. The molecule has 0 aromatic heterocycles. The zero-order valence-electron chi connectivity index (χ0n) is 25.8. The molecule has 1 unspecified atom stereocenters. The van der Waals surface area contributed by atoms with Crippen LogP contribution in [-0.4, -0.2) is 77.5 Å². The number of hydrogen-bond acceptors (Lipinski definition) is 9. The van der Waals surface area contributed by atoms with Crippen LogP contribution in [0.3, 0.4) is 0 Å². The molecule has 0 bridgehead atoms. The molecule has 0 aliphatic carbocycles. The lowest BCUT2D eigenvalue weighted by atomic mass is 9.79. The van der Waals surface area contributed by atoms with Crippen LogP contribution in [0, 0.1) is 22.7 Å². The van der Waals surface area contributed by atoms with Gasteiger partial charge in [0.25, 0.3) is 0 Å². The maximum absolute atomic E-state index is 13.7. The summed E-state index contributed by atoms with van der Waals surface area (Å²) in [6.45, 7) is 4.61. The average molecular weight is 629 g/mol. The Kier molecular flexibility index (Phi) is 11.3. The summed E-state index contributed by atoms with van der Waals surface area (Å²) in [6, 6.07) is 16.1. The van der Waals surface area contributed by atoms with Crippen LogP contribution in [0.1, 0.15) is 45.1 Å². The highest BCUT2D eigenvalue weighted by Gasteiger charge is 2.44. The van der Waals surface area contributed by atoms with E-state index in [-0.39, 0.29) is 43.0 Å². The fourth-order valence-electron chi connectivity index (χ4n) is 5.80. The molecule has 0 saturated carbocycles. The molecule has 11 nitrogen and oxygen atoms in total. The first-order valence-corrected chi connectivity index (χ1v) is 16.5. The first-order valence-electron chi connectivity index (χ1n) is 15.0. The summed E-state index contributed by atoms with van der Waals surface area (Å²) >= 11 is 0. The third kappa shape index (κ3) is 8.92. The van der Waals surface area contributed by atoms with Gasteiger partial charge in [-0.1, -0.05) is 50.2 Å². The standard InChI is InChI=1S/C32H44N4O7S/c1-32(2,15-9-16-33)20-27(35-44(39,40)24-13-8-12-23(19-24)36(3)4)29(37)26(18-22-10-6-5-7-11-22)34-31(38)43-28-21-42-30-25(28)14-17-41-30/h5-8,10-13,19,25-30,35,37H,9,14-15,17-18,20-21H2,1-4H3,(H,34,38)/t25-,26-,27?,28-,29+,30+/m0/s1. The summed E-state index contributed by atoms with van der Waals surface area (Å²) < 4.78 is 47.1. The van der Waals surface area contributed by atoms with Crippen LogP contribution in [0.15, 0.2) is 59.5 Å². The predicted molar refractivity (Wildman–Crippen MR) is 165 cm³/mol. The van der Waals surface area contributed by atoms with Gasteiger partial charge in [-0.3, -0.25) is 0 Å². The van der Waals surface area contributed by atoms with Crippen molar-refractivity contribution in [3.63, 3.8) is 0 Å². The molecule has 2 aliphatic rings. The predicted octanol–water partition coefficient (Wildman–Crippen LogP) is 3.58. The molecule has 2 heterocycles. The van der Waals surface area contributed by atoms with Gasteiger partial charge in [0, 0.05) is 26.2 Å². The Morgan fingerprint density at radius 3 is 2.61 bits per heavy atom. The van der Waals surface area contributed by atoms with E-state index in [2.05, 4.69) is 16.1 Å². The highest BCUT2D eigenvalue weighted by Crippen LogP contribution is 2.34. The van der Waals surface area contributed by atoms with E-state index in [9.17, 15) is 23.6 Å². The van der Waals surface area contributed by atoms with E-state index in [4.69, 9.17) is 14.2 Å². The van der Waals surface area contributed by atoms with Crippen molar-refractivity contribution >= 4 is 21.8 Å². The van der Waals surface area contributed by atoms with Crippen LogP contribution in [0.4, 0.5) is 10.5 Å². The molecule has 2 aromatic carbocycles. The minimum absolute atomic E-state index is 0.0530. The van der Waals surface area contributed by atoms with Gasteiger partial charge in [0.05, 0.1) is 48.3 Å². The molecular formula is C32H44N4O7S. The SMILES string of the molecule is CN(C)c1cccc(S(=O)(=O)NC(CC(C)(C)CCC#N)[C@H](O)[C@H](Cc2ccccc2)NC(=O)O[C@H]2CO[C@H]3OCC[C@H]32)c1. The molecule has 12 heteroatoms. The van der Waals surface area contributed by atoms with Gasteiger partial charge >= 0.3 is 6.09 Å². The Labute approximate surface area is 260 Å². The van der Waals surface area contributed by atoms with Crippen LogP contribution in [0.25, 0.3) is 0 Å². The van der Waals surface area contributed by atoms with Crippen LogP contribution in [0.2, 0.25) is 0 Å². The second-order valence-corrected chi connectivity index (χ2v) is 14.3. The van der Waals surface area contributed by atoms with Crippen LogP contribution in [-0.2, 0) is 30.7 Å². The lowest BCUT2D eigenvalue weighted by molar-refractivity contribution is -0.0907. The monoisotopic (exact) mass is 628 g/mol. The molecule has 1 amide bonds. The Morgan fingerprint density at radius 2 is 1.91 bits per heavy atom. The van der Waals surface area contributed by atoms with E-state index < -0.39 is 45.8 Å². The number of sulfonamides is 1. The second-order valence-electron chi connectivity index (χ2n) is 12.5. The van der Waals surface area contributed by atoms with Gasteiger partial charge < -0.3 is 29.5 Å². The van der Waals surface area contributed by atoms with Gasteiger partial charge in [0.2, 0.25) is 10.0 Å². The number of aliphatic hydroxyl groups excluding tert-OH is 1. The topological polar surface area (TPSA) is 150 Å². The number of carbonyl (C=O) groups is 1. The van der Waals surface area contributed by atoms with E-state index >= 15 is 0 Å². The zero-order chi connectivity index (χ0) is 31.9. The first kappa shape index (κ1) is 33.7. The van der Waals surface area contributed by atoms with Gasteiger partial charge in [0.1, 0.15) is 6.10 Å². The number of ether oxygens (including phenoxy) is 3. The quantitative estimate of drug-likeness (QED) is 0.285. The van der Waals surface area contributed by atoms with Crippen molar-refractivity contribution < 1.29 is 32.5 Å². The van der Waals surface area contributed by atoms with Gasteiger partial charge in [-0.2, -0.15) is 5.26 Å². The number of nitrogens with zero attached hydrogens (tertiary/aromatic N) is 2. The Morgan fingerprint density at radius 1 is 1.16 bits per heavy atom. The molecule has 2 aromatic rings. The van der Waals surface area contributed by atoms with Gasteiger partial charge in [-0.05, 0) is 54.9 Å². The molecule has 2 aliphatic heterocycles. The summed E-state index contributed by atoms with van der Waals surface area (Å²) in [7, 11) is -0.454. The average Bonchev–Trinajstić information content (AvgIpc) is 3.60. The van der Waals surface area contributed by atoms with Crippen molar-refractivity contribution in [2.45, 2.75) is 81.4 Å². The van der Waals surface area contributed by atoms with Crippen molar-refractivity contribution in [3.8, 4) is 6.07 Å². The zero-order valence-corrected chi connectivity index (χ0v) is 26.6. The van der Waals surface area contributed by atoms with Gasteiger partial charge in [-0.15, -0.1) is 0 Å². The smallest absolute Gasteiger partial charge is 0.407 e. The van der Waals surface area contributed by atoms with E-state index in [1.165, 1.54) is 6.07 Å². The number of hydrogen-bond donors (Lipinski definition) is 3. The van der Waals surface area contributed by atoms with E-state index in [0.717, 1.165) is 12.0 Å². The Hall–Kier alpha value is -3.21. The molecule has 2 fully saturated rings. The van der Waals surface area contributed by atoms with E-state index in [1.54, 1.807) is 23.1 Å². The molecule has 0 radical (unpaired) electrons. The van der Waals surface area contributed by atoms with Crippen LogP contribution >= 0.6 is 0 Å². The second kappa shape index (κ2) is 14.7. The largest absolute Gasteiger partial charge is 0.443 e. The Bertz CT molecular complexity index is 1400. The van der Waals surface area contributed by atoms with Crippen molar-refractivity contribution in [3.05, 3.63) is 60.2 Å². The number of aliphatic hydroxyl groups is 1. The van der Waals surface area contributed by atoms with E-state index in [0.29, 0.717) is 18.7 Å². The van der Waals surface area contributed by atoms with Gasteiger partial charge in [-0.25, -0.2) is 17.9 Å². The summed E-state index contributed by atoms with van der Waals surface area (Å²) in [5, 5.41) is 24.0. The number of carbonyl (C=O) groups excluding carboxylic acids is 1. The number of rotatable bonds is 14. The van der Waals surface area contributed by atoms with Crippen LogP contribution < -0.4 is 14.9 Å². The molecule has 2 saturated heterocycles. The minimum atomic E-state index is -4.09. The lowest BCUT2D eigenvalue weighted by Crippen LogP contribution is -2.56. The number of amides is 1. The highest BCUT2D eigenvalue weighted by atomic mass is 32.2. The normalized spacial score (nSPS) is 22.0. The molecule has 4 rings (SSSR count). The summed E-state index contributed by atoms with van der Waals surface area (Å²) in [4.78, 5) is 15.1. The van der Waals surface area contributed by atoms with Crippen LogP contribution in [0.5, 0.6) is 0 Å². The molecule has 3 N–H and O–H groups in total. The summed E-state index contributed by atoms with van der Waals surface area (Å²) in [5.41, 5.74) is 1.04. The maximum atomic E-state index is 13.7. The van der Waals surface area contributed by atoms with E-state index in [1.807, 2.05) is 58.3 Å². The first-order chi connectivity index (χ1) is 20.9.